The Bertz CT molecular complexity index is 3600. The van der Waals surface area contributed by atoms with E-state index in [1.54, 1.807) is 22.7 Å². The zero-order chi connectivity index (χ0) is 41.5. The number of fused-ring (bicyclic) bond motifs is 9. The molecule has 0 aliphatic rings. The van der Waals surface area contributed by atoms with Crippen LogP contribution in [0.2, 0.25) is 0 Å². The van der Waals surface area contributed by atoms with Crippen molar-refractivity contribution in [2.45, 2.75) is 5.51 Å². The fraction of sp³-hybridized carbons (Fsp3) is 0.0204. The summed E-state index contributed by atoms with van der Waals surface area (Å²) in [7, 11) is -6.02. The van der Waals surface area contributed by atoms with Gasteiger partial charge in [-0.2, -0.15) is 21.6 Å². The molecule has 298 valence electrons. The summed E-state index contributed by atoms with van der Waals surface area (Å²) in [5.74, 6) is -0.456. The van der Waals surface area contributed by atoms with Gasteiger partial charge in [0, 0.05) is 90.3 Å². The molecule has 8 aromatic carbocycles. The highest BCUT2D eigenvalue weighted by molar-refractivity contribution is 7.88. The van der Waals surface area contributed by atoms with Gasteiger partial charge in [-0.15, -0.1) is 34.0 Å². The molecule has 5 nitrogen and oxygen atoms in total. The zero-order valence-electron chi connectivity index (χ0n) is 31.6. The number of halogens is 3. The first-order chi connectivity index (χ1) is 29.6. The van der Waals surface area contributed by atoms with Crippen molar-refractivity contribution in [3.05, 3.63) is 176 Å². The molecule has 0 fully saturated rings. The Balaban J connectivity index is 1.15. The van der Waals surface area contributed by atoms with Crippen molar-refractivity contribution >= 4 is 139 Å². The minimum absolute atomic E-state index is 0.456. The Morgan fingerprint density at radius 2 is 0.836 bits per heavy atom. The van der Waals surface area contributed by atoms with Crippen LogP contribution in [-0.2, 0) is 10.1 Å². The number of hydrogen-bond donors (Lipinski definition) is 0. The molecule has 0 aliphatic heterocycles. The SMILES string of the molecule is O=S(=O)(Oc1cc(N(c2ccccc2)c2ccc3sc4ccccc4c3c2)c2sc3ccc(N(c4ccccc4)c4ccc5sc6ccccc6c5c4)cc3c2c1)C(F)(F)F. The van der Waals surface area contributed by atoms with Crippen molar-refractivity contribution in [3.8, 4) is 5.75 Å². The van der Waals surface area contributed by atoms with Crippen LogP contribution < -0.4 is 14.0 Å². The highest BCUT2D eigenvalue weighted by Gasteiger charge is 2.48. The van der Waals surface area contributed by atoms with Gasteiger partial charge in [0.15, 0.2) is 0 Å². The number of anilines is 6. The van der Waals surface area contributed by atoms with E-state index in [2.05, 4.69) is 53.4 Å². The molecule has 61 heavy (non-hydrogen) atoms. The first-order valence-electron chi connectivity index (χ1n) is 19.1. The lowest BCUT2D eigenvalue weighted by atomic mass is 10.1. The van der Waals surface area contributed by atoms with Gasteiger partial charge in [0.1, 0.15) is 5.75 Å². The molecule has 0 radical (unpaired) electrons. The smallest absolute Gasteiger partial charge is 0.376 e. The van der Waals surface area contributed by atoms with E-state index < -0.39 is 21.4 Å². The zero-order valence-corrected chi connectivity index (χ0v) is 34.9. The van der Waals surface area contributed by atoms with Crippen molar-refractivity contribution in [1.82, 2.24) is 0 Å². The third-order valence-electron chi connectivity index (χ3n) is 10.8. The van der Waals surface area contributed by atoms with E-state index in [0.29, 0.717) is 11.1 Å². The Morgan fingerprint density at radius 1 is 0.410 bits per heavy atom. The fourth-order valence-corrected chi connectivity index (χ4v) is 11.9. The van der Waals surface area contributed by atoms with E-state index >= 15 is 0 Å². The van der Waals surface area contributed by atoms with Crippen molar-refractivity contribution in [2.24, 2.45) is 0 Å². The van der Waals surface area contributed by atoms with Crippen molar-refractivity contribution in [1.29, 1.82) is 0 Å². The Hall–Kier alpha value is -6.44. The number of rotatable bonds is 8. The quantitative estimate of drug-likeness (QED) is 0.112. The van der Waals surface area contributed by atoms with Crippen LogP contribution in [0.4, 0.5) is 47.3 Å². The van der Waals surface area contributed by atoms with Crippen LogP contribution >= 0.6 is 34.0 Å². The number of hydrogen-bond acceptors (Lipinski definition) is 8. The normalized spacial score (nSPS) is 12.3. The van der Waals surface area contributed by atoms with Crippen molar-refractivity contribution < 1.29 is 25.8 Å². The summed E-state index contributed by atoms with van der Waals surface area (Å²) in [6.07, 6.45) is 0. The molecule has 3 heterocycles. The standard InChI is InChI=1S/C49H29F3N2O3S4/c50-49(51,52)61(55,56)57-35-28-41-40-26-33(53(30-11-3-1-4-12-30)32-19-22-45-38(25-32)36-15-7-9-17-43(36)58-45)20-24-47(40)60-48(41)42(29-35)54(31-13-5-2-6-14-31)34-21-23-46-39(27-34)37-16-8-10-18-44(37)59-46/h1-29H. The molecule has 0 unspecified atom stereocenters. The van der Waals surface area contributed by atoms with Gasteiger partial charge < -0.3 is 14.0 Å². The van der Waals surface area contributed by atoms with Gasteiger partial charge >= 0.3 is 15.6 Å². The van der Waals surface area contributed by atoms with Gasteiger partial charge in [-0.05, 0) is 97.1 Å². The van der Waals surface area contributed by atoms with E-state index in [-0.39, 0.29) is 0 Å². The van der Waals surface area contributed by atoms with Crippen LogP contribution in [0.15, 0.2) is 176 Å². The topological polar surface area (TPSA) is 49.9 Å². The van der Waals surface area contributed by atoms with Crippen LogP contribution in [0.5, 0.6) is 5.75 Å². The molecular weight excluding hydrogens is 850 g/mol. The molecule has 11 aromatic rings. The Labute approximate surface area is 359 Å². The molecule has 0 atom stereocenters. The number of alkyl halides is 3. The maximum absolute atomic E-state index is 14.0. The highest BCUT2D eigenvalue weighted by atomic mass is 32.2. The second kappa shape index (κ2) is 14.3. The lowest BCUT2D eigenvalue weighted by molar-refractivity contribution is -0.0500. The monoisotopic (exact) mass is 878 g/mol. The summed E-state index contributed by atoms with van der Waals surface area (Å²) in [4.78, 5) is 4.11. The van der Waals surface area contributed by atoms with Gasteiger partial charge in [-0.1, -0.05) is 72.8 Å². The highest BCUT2D eigenvalue weighted by Crippen LogP contribution is 2.50. The molecule has 0 amide bonds. The number of benzene rings is 8. The van der Waals surface area contributed by atoms with Gasteiger partial charge in [0.2, 0.25) is 0 Å². The third-order valence-corrected chi connectivity index (χ3v) is 15.3. The van der Waals surface area contributed by atoms with E-state index in [1.165, 1.54) is 38.3 Å². The molecule has 0 aliphatic carbocycles. The lowest BCUT2D eigenvalue weighted by Gasteiger charge is -2.27. The van der Waals surface area contributed by atoms with Gasteiger partial charge in [-0.25, -0.2) is 0 Å². The van der Waals surface area contributed by atoms with Gasteiger partial charge in [-0.3, -0.25) is 0 Å². The molecule has 12 heteroatoms. The van der Waals surface area contributed by atoms with E-state index in [4.69, 9.17) is 4.18 Å². The van der Waals surface area contributed by atoms with Gasteiger partial charge in [0.05, 0.1) is 10.4 Å². The average Bonchev–Trinajstić information content (AvgIpc) is 3.95. The molecule has 0 bridgehead atoms. The van der Waals surface area contributed by atoms with E-state index in [0.717, 1.165) is 68.8 Å². The average molecular weight is 879 g/mol. The van der Waals surface area contributed by atoms with Crippen molar-refractivity contribution in [3.63, 3.8) is 0 Å². The van der Waals surface area contributed by atoms with E-state index in [9.17, 15) is 21.6 Å². The first-order valence-corrected chi connectivity index (χ1v) is 23.0. The third kappa shape index (κ3) is 6.45. The fourth-order valence-electron chi connectivity index (χ4n) is 8.08. The molecule has 3 aromatic heterocycles. The van der Waals surface area contributed by atoms with Crippen LogP contribution in [-0.4, -0.2) is 13.9 Å². The number of thiophene rings is 3. The molecular formula is C49H29F3N2O3S4. The first kappa shape index (κ1) is 37.6. The largest absolute Gasteiger partial charge is 0.534 e. The van der Waals surface area contributed by atoms with Crippen LogP contribution in [0, 0.1) is 0 Å². The molecule has 0 N–H and O–H groups in total. The predicted molar refractivity (Wildman–Crippen MR) is 250 cm³/mol. The molecule has 11 rings (SSSR count). The second-order valence-electron chi connectivity index (χ2n) is 14.5. The maximum atomic E-state index is 14.0. The summed E-state index contributed by atoms with van der Waals surface area (Å²) in [5.41, 5.74) is -1.06. The molecule has 0 spiro atoms. The van der Waals surface area contributed by atoms with Crippen LogP contribution in [0.25, 0.3) is 60.5 Å². The summed E-state index contributed by atoms with van der Waals surface area (Å²) in [6, 6.07) is 57.3. The molecule has 0 saturated carbocycles. The number of para-hydroxylation sites is 2. The second-order valence-corrected chi connectivity index (χ2v) is 19.2. The summed E-state index contributed by atoms with van der Waals surface area (Å²) >= 11 is 4.90. The van der Waals surface area contributed by atoms with Gasteiger partial charge in [0.25, 0.3) is 0 Å². The lowest BCUT2D eigenvalue weighted by Crippen LogP contribution is -2.28. The molecule has 0 saturated heterocycles. The summed E-state index contributed by atoms with van der Waals surface area (Å²) in [5, 5.41) is 5.68. The number of nitrogens with zero attached hydrogens (tertiary/aromatic N) is 2. The van der Waals surface area contributed by atoms with Crippen LogP contribution in [0.1, 0.15) is 0 Å². The summed E-state index contributed by atoms with van der Waals surface area (Å²) in [6.45, 7) is 0. The van der Waals surface area contributed by atoms with E-state index in [1.807, 2.05) is 120 Å². The predicted octanol–water partition coefficient (Wildman–Crippen LogP) is 16.0. The minimum atomic E-state index is -6.02. The summed E-state index contributed by atoms with van der Waals surface area (Å²) < 4.78 is 78.4. The maximum Gasteiger partial charge on any atom is 0.534 e. The Kier molecular flexibility index (Phi) is 8.83. The minimum Gasteiger partial charge on any atom is -0.376 e. The van der Waals surface area contributed by atoms with Crippen molar-refractivity contribution in [2.75, 3.05) is 9.80 Å². The Morgan fingerprint density at radius 3 is 1.36 bits per heavy atom. The van der Waals surface area contributed by atoms with Crippen LogP contribution in [0.3, 0.4) is 0 Å².